The highest BCUT2D eigenvalue weighted by Gasteiger charge is 2.31. The van der Waals surface area contributed by atoms with E-state index in [1.54, 1.807) is 0 Å². The molecule has 1 fully saturated rings. The molecule has 1 nitrogen and oxygen atoms in total. The molecular formula is C13H18O. The Kier molecular flexibility index (Phi) is 2.60. The fraction of sp³-hybridized carbons (Fsp3) is 0.538. The molecule has 14 heavy (non-hydrogen) atoms. The van der Waals surface area contributed by atoms with Crippen LogP contribution in [0.3, 0.4) is 0 Å². The molecule has 0 spiro atoms. The van der Waals surface area contributed by atoms with Crippen LogP contribution in [0.5, 0.6) is 0 Å². The molecule has 1 unspecified atom stereocenters. The van der Waals surface area contributed by atoms with Gasteiger partial charge in [-0.05, 0) is 38.2 Å². The highest BCUT2D eigenvalue weighted by Crippen LogP contribution is 2.31. The van der Waals surface area contributed by atoms with E-state index in [1.165, 1.54) is 12.0 Å². The molecule has 0 bridgehead atoms. The van der Waals surface area contributed by atoms with Gasteiger partial charge in [0.05, 0.1) is 12.2 Å². The SMILES string of the molecule is CC1(C)CC(Cc2ccccc2)CO1. The minimum Gasteiger partial charge on any atom is -0.375 e. The highest BCUT2D eigenvalue weighted by molar-refractivity contribution is 5.15. The molecule has 0 aliphatic carbocycles. The summed E-state index contributed by atoms with van der Waals surface area (Å²) in [5, 5.41) is 0. The van der Waals surface area contributed by atoms with Gasteiger partial charge in [0.1, 0.15) is 0 Å². The normalized spacial score (nSPS) is 25.1. The Morgan fingerprint density at radius 3 is 2.57 bits per heavy atom. The lowest BCUT2D eigenvalue weighted by Crippen LogP contribution is -2.16. The van der Waals surface area contributed by atoms with Gasteiger partial charge in [0, 0.05) is 0 Å². The molecule has 0 aromatic heterocycles. The summed E-state index contributed by atoms with van der Waals surface area (Å²) in [7, 11) is 0. The van der Waals surface area contributed by atoms with Crippen LogP contribution in [0.25, 0.3) is 0 Å². The third-order valence-electron chi connectivity index (χ3n) is 2.86. The van der Waals surface area contributed by atoms with Crippen LogP contribution in [-0.4, -0.2) is 12.2 Å². The number of rotatable bonds is 2. The van der Waals surface area contributed by atoms with Crippen molar-refractivity contribution in [2.24, 2.45) is 5.92 Å². The lowest BCUT2D eigenvalue weighted by Gasteiger charge is -2.15. The van der Waals surface area contributed by atoms with E-state index in [4.69, 9.17) is 4.74 Å². The molecule has 1 aromatic rings. The summed E-state index contributed by atoms with van der Waals surface area (Å²) in [6.45, 7) is 5.28. The maximum absolute atomic E-state index is 5.73. The molecule has 1 aliphatic heterocycles. The van der Waals surface area contributed by atoms with Crippen molar-refractivity contribution < 1.29 is 4.74 Å². The third kappa shape index (κ3) is 2.36. The van der Waals surface area contributed by atoms with Crippen molar-refractivity contribution in [2.45, 2.75) is 32.3 Å². The molecule has 1 atom stereocenters. The van der Waals surface area contributed by atoms with Crippen LogP contribution in [0.4, 0.5) is 0 Å². The summed E-state index contributed by atoms with van der Waals surface area (Å²) >= 11 is 0. The molecule has 0 N–H and O–H groups in total. The van der Waals surface area contributed by atoms with E-state index >= 15 is 0 Å². The fourth-order valence-corrected chi connectivity index (χ4v) is 2.24. The van der Waals surface area contributed by atoms with Crippen LogP contribution in [-0.2, 0) is 11.2 Å². The maximum atomic E-state index is 5.73. The van der Waals surface area contributed by atoms with Crippen molar-refractivity contribution in [3.63, 3.8) is 0 Å². The molecule has 1 aliphatic rings. The Morgan fingerprint density at radius 1 is 1.29 bits per heavy atom. The Hall–Kier alpha value is -0.820. The average Bonchev–Trinajstić information content (AvgIpc) is 2.47. The smallest absolute Gasteiger partial charge is 0.0630 e. The monoisotopic (exact) mass is 190 g/mol. The zero-order valence-electron chi connectivity index (χ0n) is 8.99. The first-order valence-corrected chi connectivity index (χ1v) is 5.34. The molecule has 2 rings (SSSR count). The predicted octanol–water partition coefficient (Wildman–Crippen LogP) is 3.04. The van der Waals surface area contributed by atoms with E-state index in [9.17, 15) is 0 Å². The molecule has 0 saturated carbocycles. The average molecular weight is 190 g/mol. The summed E-state index contributed by atoms with van der Waals surface area (Å²) < 4.78 is 5.73. The van der Waals surface area contributed by atoms with E-state index < -0.39 is 0 Å². The van der Waals surface area contributed by atoms with Gasteiger partial charge in [0.25, 0.3) is 0 Å². The molecule has 0 radical (unpaired) electrons. The van der Waals surface area contributed by atoms with Gasteiger partial charge in [-0.3, -0.25) is 0 Å². The third-order valence-corrected chi connectivity index (χ3v) is 2.86. The fourth-order valence-electron chi connectivity index (χ4n) is 2.24. The zero-order valence-corrected chi connectivity index (χ0v) is 8.99. The van der Waals surface area contributed by atoms with E-state index in [0.29, 0.717) is 5.92 Å². The predicted molar refractivity (Wildman–Crippen MR) is 58.3 cm³/mol. The summed E-state index contributed by atoms with van der Waals surface area (Å²) in [5.74, 6) is 0.701. The van der Waals surface area contributed by atoms with Crippen LogP contribution in [0.1, 0.15) is 25.8 Å². The molecule has 1 heterocycles. The minimum absolute atomic E-state index is 0.0967. The van der Waals surface area contributed by atoms with Gasteiger partial charge >= 0.3 is 0 Å². The first-order chi connectivity index (χ1) is 6.66. The van der Waals surface area contributed by atoms with Gasteiger partial charge in [0.2, 0.25) is 0 Å². The van der Waals surface area contributed by atoms with Crippen molar-refractivity contribution in [3.8, 4) is 0 Å². The van der Waals surface area contributed by atoms with Crippen molar-refractivity contribution in [1.29, 1.82) is 0 Å². The highest BCUT2D eigenvalue weighted by atomic mass is 16.5. The van der Waals surface area contributed by atoms with Gasteiger partial charge in [0.15, 0.2) is 0 Å². The summed E-state index contributed by atoms with van der Waals surface area (Å²) in [6.07, 6.45) is 2.34. The zero-order chi connectivity index (χ0) is 10.0. The molecule has 0 amide bonds. The number of ether oxygens (including phenoxy) is 1. The minimum atomic E-state index is 0.0967. The van der Waals surface area contributed by atoms with Crippen LogP contribution in [0.2, 0.25) is 0 Å². The van der Waals surface area contributed by atoms with Gasteiger partial charge in [-0.2, -0.15) is 0 Å². The number of hydrogen-bond acceptors (Lipinski definition) is 1. The Labute approximate surface area is 86.1 Å². The standard InChI is InChI=1S/C13H18O/c1-13(2)9-12(10-14-13)8-11-6-4-3-5-7-11/h3-7,12H,8-10H2,1-2H3. The quantitative estimate of drug-likeness (QED) is 0.696. The maximum Gasteiger partial charge on any atom is 0.0630 e. The second-order valence-electron chi connectivity index (χ2n) is 4.83. The first kappa shape index (κ1) is 9.72. The van der Waals surface area contributed by atoms with Gasteiger partial charge in [-0.1, -0.05) is 30.3 Å². The Morgan fingerprint density at radius 2 is 2.00 bits per heavy atom. The molecule has 1 saturated heterocycles. The van der Waals surface area contributed by atoms with Crippen LogP contribution < -0.4 is 0 Å². The Bertz CT molecular complexity index is 289. The molecule has 1 heteroatoms. The van der Waals surface area contributed by atoms with Crippen molar-refractivity contribution in [2.75, 3.05) is 6.61 Å². The molecular weight excluding hydrogens is 172 g/mol. The summed E-state index contributed by atoms with van der Waals surface area (Å²) in [6, 6.07) is 10.7. The first-order valence-electron chi connectivity index (χ1n) is 5.34. The van der Waals surface area contributed by atoms with Gasteiger partial charge < -0.3 is 4.74 Å². The van der Waals surface area contributed by atoms with E-state index in [1.807, 2.05) is 0 Å². The second kappa shape index (κ2) is 3.74. The number of benzene rings is 1. The van der Waals surface area contributed by atoms with Crippen LogP contribution in [0, 0.1) is 5.92 Å². The largest absolute Gasteiger partial charge is 0.375 e. The van der Waals surface area contributed by atoms with Crippen molar-refractivity contribution >= 4 is 0 Å². The molecule has 1 aromatic carbocycles. The van der Waals surface area contributed by atoms with Crippen molar-refractivity contribution in [3.05, 3.63) is 35.9 Å². The topological polar surface area (TPSA) is 9.23 Å². The summed E-state index contributed by atoms with van der Waals surface area (Å²) in [5.41, 5.74) is 1.53. The number of hydrogen-bond donors (Lipinski definition) is 0. The van der Waals surface area contributed by atoms with Gasteiger partial charge in [-0.25, -0.2) is 0 Å². The van der Waals surface area contributed by atoms with Crippen LogP contribution >= 0.6 is 0 Å². The lowest BCUT2D eigenvalue weighted by molar-refractivity contribution is 0.0350. The van der Waals surface area contributed by atoms with E-state index in [-0.39, 0.29) is 5.60 Å². The second-order valence-corrected chi connectivity index (χ2v) is 4.83. The lowest BCUT2D eigenvalue weighted by atomic mass is 9.92. The van der Waals surface area contributed by atoms with Gasteiger partial charge in [-0.15, -0.1) is 0 Å². The molecule has 76 valence electrons. The Balaban J connectivity index is 1.94. The van der Waals surface area contributed by atoms with E-state index in [0.717, 1.165) is 13.0 Å². The van der Waals surface area contributed by atoms with E-state index in [2.05, 4.69) is 44.2 Å². The summed E-state index contributed by atoms with van der Waals surface area (Å²) in [4.78, 5) is 0. The van der Waals surface area contributed by atoms with Crippen molar-refractivity contribution in [1.82, 2.24) is 0 Å². The van der Waals surface area contributed by atoms with Crippen LogP contribution in [0.15, 0.2) is 30.3 Å².